The largest absolute Gasteiger partial charge is 0.161 e. The highest BCUT2D eigenvalue weighted by molar-refractivity contribution is 8.03. The van der Waals surface area contributed by atoms with E-state index in [1.807, 2.05) is 0 Å². The van der Waals surface area contributed by atoms with Gasteiger partial charge < -0.3 is 0 Å². The van der Waals surface area contributed by atoms with Gasteiger partial charge in [-0.15, -0.1) is 0 Å². The normalized spacial score (nSPS) is 27.9. The molecule has 1 fully saturated rings. The second-order valence-electron chi connectivity index (χ2n) is 2.71. The van der Waals surface area contributed by atoms with Crippen LogP contribution in [0.25, 0.3) is 0 Å². The molecule has 1 heterocycles. The lowest BCUT2D eigenvalue weighted by Crippen LogP contribution is -2.04. The predicted octanol–water partition coefficient (Wildman–Crippen LogP) is 3.03. The molecule has 0 N–H and O–H groups in total. The summed E-state index contributed by atoms with van der Waals surface area (Å²) in [5.74, 6) is 4.20. The zero-order valence-electron chi connectivity index (χ0n) is 6.64. The molecule has 0 amide bonds. The minimum absolute atomic E-state index is 0.970. The summed E-state index contributed by atoms with van der Waals surface area (Å²) in [6.07, 6.45) is 4.21. The van der Waals surface area contributed by atoms with Gasteiger partial charge in [0.15, 0.2) is 0 Å². The topological polar surface area (TPSA) is 0 Å². The Morgan fingerprint density at radius 3 is 3.10 bits per heavy atom. The molecule has 0 aromatic rings. The Hall–Kier alpha value is 0.700. The lowest BCUT2D eigenvalue weighted by atomic mass is 10.3. The van der Waals surface area contributed by atoms with E-state index in [0.29, 0.717) is 0 Å². The molecule has 0 saturated carbocycles. The van der Waals surface area contributed by atoms with Crippen molar-refractivity contribution < 1.29 is 0 Å². The highest BCUT2D eigenvalue weighted by Gasteiger charge is 2.10. The van der Waals surface area contributed by atoms with Gasteiger partial charge in [0.25, 0.3) is 0 Å². The summed E-state index contributed by atoms with van der Waals surface area (Å²) in [4.78, 5) is 0. The van der Waals surface area contributed by atoms with Crippen LogP contribution in [0.3, 0.4) is 0 Å². The van der Waals surface area contributed by atoms with E-state index in [4.69, 9.17) is 0 Å². The summed E-state index contributed by atoms with van der Waals surface area (Å²) < 4.78 is 0. The van der Waals surface area contributed by atoms with Crippen molar-refractivity contribution in [1.82, 2.24) is 0 Å². The number of thioether (sulfide) groups is 2. The zero-order valence-corrected chi connectivity index (χ0v) is 8.27. The minimum Gasteiger partial charge on any atom is -0.161 e. The molecule has 2 heteroatoms. The second-order valence-corrected chi connectivity index (χ2v) is 5.27. The fraction of sp³-hybridized carbons (Fsp3) is 1.00. The van der Waals surface area contributed by atoms with Gasteiger partial charge >= 0.3 is 0 Å². The fourth-order valence-corrected chi connectivity index (χ4v) is 4.01. The van der Waals surface area contributed by atoms with Crippen LogP contribution < -0.4 is 0 Å². The average molecular weight is 176 g/mol. The van der Waals surface area contributed by atoms with E-state index in [9.17, 15) is 0 Å². The molecule has 1 saturated heterocycles. The maximum absolute atomic E-state index is 2.29. The standard InChI is InChI=1S/C8H16S2/c1-2-4-8-7-9-5-3-6-10-8/h8H,2-7H2,1H3. The van der Waals surface area contributed by atoms with E-state index in [1.54, 1.807) is 0 Å². The maximum Gasteiger partial charge on any atom is 0.0138 e. The number of hydrogen-bond acceptors (Lipinski definition) is 2. The first kappa shape index (κ1) is 8.79. The van der Waals surface area contributed by atoms with Crippen molar-refractivity contribution in [2.75, 3.05) is 17.3 Å². The van der Waals surface area contributed by atoms with E-state index in [-0.39, 0.29) is 0 Å². The van der Waals surface area contributed by atoms with Crippen molar-refractivity contribution in [2.24, 2.45) is 0 Å². The Morgan fingerprint density at radius 1 is 1.40 bits per heavy atom. The molecule has 0 nitrogen and oxygen atoms in total. The van der Waals surface area contributed by atoms with Crippen LogP contribution in [0.2, 0.25) is 0 Å². The molecule has 0 bridgehead atoms. The van der Waals surface area contributed by atoms with E-state index in [2.05, 4.69) is 30.4 Å². The van der Waals surface area contributed by atoms with Crippen LogP contribution in [0.4, 0.5) is 0 Å². The Kier molecular flexibility index (Phi) is 4.72. The monoisotopic (exact) mass is 176 g/mol. The van der Waals surface area contributed by atoms with Crippen LogP contribution in [0, 0.1) is 0 Å². The number of hydrogen-bond donors (Lipinski definition) is 0. The van der Waals surface area contributed by atoms with Crippen LogP contribution >= 0.6 is 23.5 Å². The molecule has 1 rings (SSSR count). The fourth-order valence-electron chi connectivity index (χ4n) is 1.16. The molecule has 0 aliphatic carbocycles. The van der Waals surface area contributed by atoms with Gasteiger partial charge in [-0.05, 0) is 24.3 Å². The third-order valence-corrected chi connectivity index (χ3v) is 4.53. The van der Waals surface area contributed by atoms with Crippen molar-refractivity contribution in [2.45, 2.75) is 31.4 Å². The van der Waals surface area contributed by atoms with Crippen molar-refractivity contribution in [3.63, 3.8) is 0 Å². The smallest absolute Gasteiger partial charge is 0.0138 e. The van der Waals surface area contributed by atoms with Crippen molar-refractivity contribution in [1.29, 1.82) is 0 Å². The van der Waals surface area contributed by atoms with Crippen LogP contribution in [0.1, 0.15) is 26.2 Å². The van der Waals surface area contributed by atoms with Gasteiger partial charge in [0.05, 0.1) is 0 Å². The molecule has 1 aliphatic heterocycles. The lowest BCUT2D eigenvalue weighted by Gasteiger charge is -2.10. The highest BCUT2D eigenvalue weighted by atomic mass is 32.2. The highest BCUT2D eigenvalue weighted by Crippen LogP contribution is 2.25. The number of rotatable bonds is 2. The van der Waals surface area contributed by atoms with E-state index >= 15 is 0 Å². The molecular formula is C8H16S2. The molecule has 1 atom stereocenters. The molecule has 0 radical (unpaired) electrons. The Labute approximate surface area is 72.5 Å². The van der Waals surface area contributed by atoms with E-state index in [0.717, 1.165) is 5.25 Å². The van der Waals surface area contributed by atoms with Gasteiger partial charge in [-0.3, -0.25) is 0 Å². The third-order valence-electron chi connectivity index (χ3n) is 1.70. The lowest BCUT2D eigenvalue weighted by molar-refractivity contribution is 0.795. The first-order chi connectivity index (χ1) is 4.93. The molecule has 1 aliphatic rings. The first-order valence-electron chi connectivity index (χ1n) is 4.13. The Morgan fingerprint density at radius 2 is 2.30 bits per heavy atom. The maximum atomic E-state index is 2.29. The van der Waals surface area contributed by atoms with Gasteiger partial charge in [0.2, 0.25) is 0 Å². The van der Waals surface area contributed by atoms with E-state index < -0.39 is 0 Å². The molecule has 0 spiro atoms. The predicted molar refractivity (Wildman–Crippen MR) is 53.1 cm³/mol. The summed E-state index contributed by atoms with van der Waals surface area (Å²) in [7, 11) is 0. The van der Waals surface area contributed by atoms with Gasteiger partial charge in [0, 0.05) is 11.0 Å². The summed E-state index contributed by atoms with van der Waals surface area (Å²) in [5.41, 5.74) is 0. The van der Waals surface area contributed by atoms with Gasteiger partial charge in [-0.2, -0.15) is 23.5 Å². The van der Waals surface area contributed by atoms with E-state index in [1.165, 1.54) is 36.5 Å². The van der Waals surface area contributed by atoms with Gasteiger partial charge in [-0.25, -0.2) is 0 Å². The molecule has 0 aromatic heterocycles. The van der Waals surface area contributed by atoms with Crippen LogP contribution in [-0.2, 0) is 0 Å². The molecule has 60 valence electrons. The molecule has 10 heavy (non-hydrogen) atoms. The molecular weight excluding hydrogens is 160 g/mol. The van der Waals surface area contributed by atoms with Crippen LogP contribution in [0.15, 0.2) is 0 Å². The molecule has 1 unspecified atom stereocenters. The average Bonchev–Trinajstić information content (AvgIpc) is 2.17. The quantitative estimate of drug-likeness (QED) is 0.634. The summed E-state index contributed by atoms with van der Waals surface area (Å²) in [5, 5.41) is 0.970. The molecule has 0 aromatic carbocycles. The van der Waals surface area contributed by atoms with Gasteiger partial charge in [0.1, 0.15) is 0 Å². The van der Waals surface area contributed by atoms with Crippen LogP contribution in [-0.4, -0.2) is 22.5 Å². The van der Waals surface area contributed by atoms with Crippen LogP contribution in [0.5, 0.6) is 0 Å². The summed E-state index contributed by atoms with van der Waals surface area (Å²) in [6.45, 7) is 2.29. The second kappa shape index (κ2) is 5.36. The van der Waals surface area contributed by atoms with Crippen molar-refractivity contribution in [3.05, 3.63) is 0 Å². The summed E-state index contributed by atoms with van der Waals surface area (Å²) in [6, 6.07) is 0. The SMILES string of the molecule is CCCC1CSCCCS1. The Bertz CT molecular complexity index is 75.3. The Balaban J connectivity index is 2.15. The zero-order chi connectivity index (χ0) is 7.23. The summed E-state index contributed by atoms with van der Waals surface area (Å²) >= 11 is 4.33. The van der Waals surface area contributed by atoms with Crippen molar-refractivity contribution in [3.8, 4) is 0 Å². The first-order valence-corrected chi connectivity index (χ1v) is 6.33. The van der Waals surface area contributed by atoms with Crippen molar-refractivity contribution >= 4 is 23.5 Å². The minimum atomic E-state index is 0.970. The third kappa shape index (κ3) is 3.20. The van der Waals surface area contributed by atoms with Gasteiger partial charge in [-0.1, -0.05) is 13.3 Å².